The molecule has 0 bridgehead atoms. The number of unbranched alkanes of at least 4 members (excludes halogenated alkanes) is 14. The van der Waals surface area contributed by atoms with Gasteiger partial charge in [0.1, 0.15) is 43.2 Å². The van der Waals surface area contributed by atoms with Crippen molar-refractivity contribution in [1.82, 2.24) is 0 Å². The van der Waals surface area contributed by atoms with E-state index in [1.807, 2.05) is 0 Å². The number of aliphatic hydroxyl groups is 7. The van der Waals surface area contributed by atoms with E-state index in [4.69, 9.17) is 18.9 Å². The highest BCUT2D eigenvalue weighted by Gasteiger charge is 2.59. The predicted octanol–water partition coefficient (Wildman–Crippen LogP) is 1.42. The average Bonchev–Trinajstić information content (AvgIpc) is 3.23. The monoisotopic (exact) mass is 608 g/mol. The van der Waals surface area contributed by atoms with E-state index in [1.165, 1.54) is 70.6 Å². The summed E-state index contributed by atoms with van der Waals surface area (Å²) in [4.78, 5) is 12.6. The van der Waals surface area contributed by atoms with Crippen LogP contribution in [0.4, 0.5) is 0 Å². The molecule has 0 radical (unpaired) electrons. The summed E-state index contributed by atoms with van der Waals surface area (Å²) in [5, 5.41) is 70.5. The van der Waals surface area contributed by atoms with E-state index in [2.05, 4.69) is 6.92 Å². The van der Waals surface area contributed by atoms with Crippen molar-refractivity contribution in [3.05, 3.63) is 0 Å². The van der Waals surface area contributed by atoms with Crippen molar-refractivity contribution in [3.63, 3.8) is 0 Å². The topological polar surface area (TPSA) is 196 Å². The number of aliphatic hydroxyl groups excluding tert-OH is 7. The summed E-state index contributed by atoms with van der Waals surface area (Å²) in [6.07, 6.45) is 5.19. The Bertz CT molecular complexity index is 726. The number of ether oxygens (including phenoxy) is 4. The van der Waals surface area contributed by atoms with E-state index in [0.29, 0.717) is 6.42 Å². The summed E-state index contributed by atoms with van der Waals surface area (Å²) < 4.78 is 21.9. The second-order valence-corrected chi connectivity index (χ2v) is 11.7. The van der Waals surface area contributed by atoms with Crippen molar-refractivity contribution in [2.75, 3.05) is 19.8 Å². The quantitative estimate of drug-likeness (QED) is 0.0691. The molecule has 0 aromatic rings. The Balaban J connectivity index is 1.73. The second-order valence-electron chi connectivity index (χ2n) is 11.7. The molecular weight excluding hydrogens is 552 g/mol. The van der Waals surface area contributed by atoms with Crippen LogP contribution in [-0.4, -0.2) is 116 Å². The van der Waals surface area contributed by atoms with Gasteiger partial charge in [-0.1, -0.05) is 96.8 Å². The van der Waals surface area contributed by atoms with Gasteiger partial charge in [-0.3, -0.25) is 4.79 Å². The van der Waals surface area contributed by atoms with Crippen LogP contribution in [-0.2, 0) is 23.7 Å². The fraction of sp³-hybridized carbons (Fsp3) is 0.967. The van der Waals surface area contributed by atoms with Crippen LogP contribution in [0.2, 0.25) is 0 Å². The maximum absolute atomic E-state index is 12.6. The van der Waals surface area contributed by atoms with Crippen molar-refractivity contribution in [2.45, 2.75) is 164 Å². The summed E-state index contributed by atoms with van der Waals surface area (Å²) >= 11 is 0. The van der Waals surface area contributed by atoms with Gasteiger partial charge in [0.25, 0.3) is 0 Å². The fourth-order valence-corrected chi connectivity index (χ4v) is 5.59. The third kappa shape index (κ3) is 11.2. The van der Waals surface area contributed by atoms with Gasteiger partial charge in [0.05, 0.1) is 13.2 Å². The Morgan fingerprint density at radius 1 is 0.690 bits per heavy atom. The fourth-order valence-electron chi connectivity index (χ4n) is 5.59. The lowest BCUT2D eigenvalue weighted by atomic mass is 9.98. The normalized spacial score (nSPS) is 33.2. The molecule has 248 valence electrons. The molecule has 2 rings (SSSR count). The molecular formula is C30H56O12. The summed E-state index contributed by atoms with van der Waals surface area (Å²) in [5.41, 5.74) is 0. The molecule has 12 heteroatoms. The largest absolute Gasteiger partial charge is 0.454 e. The van der Waals surface area contributed by atoms with Gasteiger partial charge < -0.3 is 54.7 Å². The summed E-state index contributed by atoms with van der Waals surface area (Å²) in [7, 11) is 0. The Hall–Kier alpha value is -0.930. The maximum atomic E-state index is 12.6. The minimum Gasteiger partial charge on any atom is -0.454 e. The number of carbonyl (C=O) groups is 1. The van der Waals surface area contributed by atoms with Gasteiger partial charge in [0.2, 0.25) is 12.1 Å². The van der Waals surface area contributed by atoms with E-state index in [1.54, 1.807) is 0 Å². The first-order chi connectivity index (χ1) is 20.2. The Morgan fingerprint density at radius 3 is 1.64 bits per heavy atom. The minimum atomic E-state index is -2.28. The highest BCUT2D eigenvalue weighted by atomic mass is 16.8. The van der Waals surface area contributed by atoms with Gasteiger partial charge in [-0.25, -0.2) is 0 Å². The molecule has 42 heavy (non-hydrogen) atoms. The molecule has 0 aromatic carbocycles. The molecule has 2 saturated heterocycles. The first-order valence-electron chi connectivity index (χ1n) is 16.0. The zero-order chi connectivity index (χ0) is 31.0. The number of rotatable bonds is 22. The van der Waals surface area contributed by atoms with Crippen LogP contribution in [0.3, 0.4) is 0 Å². The average molecular weight is 609 g/mol. The third-order valence-electron chi connectivity index (χ3n) is 8.30. The smallest absolute Gasteiger partial charge is 0.306 e. The maximum Gasteiger partial charge on any atom is 0.306 e. The molecule has 8 unspecified atom stereocenters. The number of esters is 1. The third-order valence-corrected chi connectivity index (χ3v) is 8.30. The zero-order valence-corrected chi connectivity index (χ0v) is 25.2. The van der Waals surface area contributed by atoms with Crippen LogP contribution in [0.5, 0.6) is 0 Å². The van der Waals surface area contributed by atoms with E-state index >= 15 is 0 Å². The van der Waals surface area contributed by atoms with Crippen LogP contribution >= 0.6 is 0 Å². The van der Waals surface area contributed by atoms with Crippen molar-refractivity contribution in [3.8, 4) is 0 Å². The van der Waals surface area contributed by atoms with Gasteiger partial charge in [-0.15, -0.1) is 0 Å². The van der Waals surface area contributed by atoms with E-state index in [0.717, 1.165) is 19.3 Å². The highest BCUT2D eigenvalue weighted by Crippen LogP contribution is 2.36. The summed E-state index contributed by atoms with van der Waals surface area (Å²) in [5.74, 6) is -2.95. The SMILES string of the molecule is CCCCCCCCCCCCCCCCCC(=O)OC1C(O[C@]2(CO)OC(CO)C(O)C2O)OC(CO)C(O)C1O. The van der Waals surface area contributed by atoms with Crippen molar-refractivity contribution >= 4 is 5.97 Å². The summed E-state index contributed by atoms with van der Waals surface area (Å²) in [6.45, 7) is -0.146. The molecule has 0 aliphatic carbocycles. The van der Waals surface area contributed by atoms with Crippen LogP contribution < -0.4 is 0 Å². The number of hydrogen-bond donors (Lipinski definition) is 7. The van der Waals surface area contributed by atoms with E-state index in [9.17, 15) is 40.5 Å². The zero-order valence-electron chi connectivity index (χ0n) is 25.2. The predicted molar refractivity (Wildman–Crippen MR) is 152 cm³/mol. The van der Waals surface area contributed by atoms with E-state index in [-0.39, 0.29) is 6.42 Å². The Kier molecular flexibility index (Phi) is 17.9. The number of carbonyl (C=O) groups excluding carboxylic acids is 1. The molecule has 2 heterocycles. The molecule has 0 spiro atoms. The highest BCUT2D eigenvalue weighted by molar-refractivity contribution is 5.69. The standard InChI is InChI=1S/C30H56O12/c1-2-3-4-5-6-7-8-9-10-11-12-13-14-15-16-17-23(34)40-27-26(37)24(35)21(18-31)39-29(27)42-30(20-33)28(38)25(36)22(19-32)41-30/h21-22,24-29,31-33,35-38H,2-20H2,1H3/t21?,22?,24?,25?,26?,27?,28?,29?,30-/m0/s1. The molecule has 0 amide bonds. The molecule has 2 aliphatic rings. The Labute approximate surface area is 249 Å². The first kappa shape index (κ1) is 37.3. The molecule has 7 N–H and O–H groups in total. The summed E-state index contributed by atoms with van der Waals surface area (Å²) in [6, 6.07) is 0. The lowest BCUT2D eigenvalue weighted by molar-refractivity contribution is -0.384. The lowest BCUT2D eigenvalue weighted by Gasteiger charge is -2.44. The van der Waals surface area contributed by atoms with Crippen LogP contribution in [0.15, 0.2) is 0 Å². The first-order valence-corrected chi connectivity index (χ1v) is 16.0. The molecule has 2 fully saturated rings. The molecule has 0 saturated carbocycles. The molecule has 12 nitrogen and oxygen atoms in total. The van der Waals surface area contributed by atoms with Gasteiger partial charge in [0, 0.05) is 6.42 Å². The Morgan fingerprint density at radius 2 is 1.19 bits per heavy atom. The molecule has 9 atom stereocenters. The second kappa shape index (κ2) is 20.2. The van der Waals surface area contributed by atoms with Crippen molar-refractivity contribution in [2.24, 2.45) is 0 Å². The van der Waals surface area contributed by atoms with Gasteiger partial charge in [0.15, 0.2) is 6.10 Å². The van der Waals surface area contributed by atoms with Gasteiger partial charge in [-0.2, -0.15) is 0 Å². The van der Waals surface area contributed by atoms with Gasteiger partial charge in [-0.05, 0) is 6.42 Å². The van der Waals surface area contributed by atoms with Crippen LogP contribution in [0.25, 0.3) is 0 Å². The van der Waals surface area contributed by atoms with Crippen LogP contribution in [0, 0.1) is 0 Å². The van der Waals surface area contributed by atoms with Crippen LogP contribution in [0.1, 0.15) is 110 Å². The number of hydrogen-bond acceptors (Lipinski definition) is 12. The molecule has 2 aliphatic heterocycles. The lowest BCUT2D eigenvalue weighted by Crippen LogP contribution is -2.63. The van der Waals surface area contributed by atoms with Gasteiger partial charge >= 0.3 is 5.97 Å². The van der Waals surface area contributed by atoms with E-state index < -0.39 is 80.6 Å². The van der Waals surface area contributed by atoms with Crippen molar-refractivity contribution in [1.29, 1.82) is 0 Å². The molecule has 0 aromatic heterocycles. The van der Waals surface area contributed by atoms with Crippen molar-refractivity contribution < 1.29 is 59.5 Å². The minimum absolute atomic E-state index is 0.0588.